The van der Waals surface area contributed by atoms with Crippen molar-refractivity contribution in [2.75, 3.05) is 18.0 Å². The van der Waals surface area contributed by atoms with E-state index >= 15 is 0 Å². The van der Waals surface area contributed by atoms with Crippen LogP contribution in [0.3, 0.4) is 0 Å². The van der Waals surface area contributed by atoms with Gasteiger partial charge in [-0.3, -0.25) is 19.5 Å². The van der Waals surface area contributed by atoms with E-state index in [0.717, 1.165) is 11.1 Å². The van der Waals surface area contributed by atoms with Gasteiger partial charge in [0.05, 0.1) is 0 Å². The summed E-state index contributed by atoms with van der Waals surface area (Å²) in [6, 6.07) is 14.8. The van der Waals surface area contributed by atoms with Gasteiger partial charge in [0, 0.05) is 36.7 Å². The second-order valence-corrected chi connectivity index (χ2v) is 10.3. The van der Waals surface area contributed by atoms with Gasteiger partial charge < -0.3 is 16.0 Å². The fraction of sp³-hybridized carbons (Fsp3) is 0.310. The highest BCUT2D eigenvalue weighted by Crippen LogP contribution is 2.31. The smallest absolute Gasteiger partial charge is 0.315 e. The molecule has 4 rings (SSSR count). The number of pyridine rings is 1. The Morgan fingerprint density at radius 3 is 2.50 bits per heavy atom. The molecule has 0 radical (unpaired) electrons. The zero-order valence-corrected chi connectivity index (χ0v) is 21.7. The lowest BCUT2D eigenvalue weighted by molar-refractivity contribution is -0.127. The largest absolute Gasteiger partial charge is 0.354 e. The zero-order chi connectivity index (χ0) is 27.3. The molecule has 9 heteroatoms. The molecule has 2 unspecified atom stereocenters. The monoisotopic (exact) mass is 517 g/mol. The first-order chi connectivity index (χ1) is 18.1. The molecular weight excluding hydrogens is 485 g/mol. The van der Waals surface area contributed by atoms with Crippen LogP contribution in [0.5, 0.6) is 0 Å². The summed E-state index contributed by atoms with van der Waals surface area (Å²) in [6.07, 6.45) is 3.56. The van der Waals surface area contributed by atoms with Gasteiger partial charge in [0.2, 0.25) is 5.91 Å². The van der Waals surface area contributed by atoms with E-state index in [2.05, 4.69) is 41.7 Å². The Morgan fingerprint density at radius 2 is 1.89 bits per heavy atom. The van der Waals surface area contributed by atoms with Crippen molar-refractivity contribution >= 4 is 23.5 Å². The standard InChI is InChI=1S/C29H32FN5O3/c1-29(2,3)21-9-11-23(12-10-21)35(27(37)24-18-33-28(38)34-24)25(20-7-5-14-31-17-20)26(36)32-15-13-19-6-4-8-22(30)16-19/h4-12,14,16-17,24-25H,13,15,18H2,1-3H3,(H,32,36)(H2,33,34,38). The van der Waals surface area contributed by atoms with Crippen molar-refractivity contribution < 1.29 is 18.8 Å². The Bertz CT molecular complexity index is 1290. The number of benzene rings is 2. The minimum Gasteiger partial charge on any atom is -0.354 e. The summed E-state index contributed by atoms with van der Waals surface area (Å²) in [5.41, 5.74) is 2.74. The van der Waals surface area contributed by atoms with Gasteiger partial charge in [0.1, 0.15) is 17.9 Å². The van der Waals surface area contributed by atoms with Crippen molar-refractivity contribution in [2.45, 2.75) is 44.7 Å². The van der Waals surface area contributed by atoms with E-state index in [4.69, 9.17) is 0 Å². The first kappa shape index (κ1) is 26.8. The highest BCUT2D eigenvalue weighted by molar-refractivity contribution is 6.05. The molecule has 3 N–H and O–H groups in total. The number of carbonyl (C=O) groups is 3. The number of anilines is 1. The molecule has 3 aromatic rings. The summed E-state index contributed by atoms with van der Waals surface area (Å²) >= 11 is 0. The number of halogens is 1. The first-order valence-corrected chi connectivity index (χ1v) is 12.5. The van der Waals surface area contributed by atoms with Crippen LogP contribution in [0.15, 0.2) is 73.1 Å². The average Bonchev–Trinajstić information content (AvgIpc) is 3.33. The molecule has 2 atom stereocenters. The molecule has 4 amide bonds. The highest BCUT2D eigenvalue weighted by atomic mass is 19.1. The summed E-state index contributed by atoms with van der Waals surface area (Å²) in [4.78, 5) is 45.0. The van der Waals surface area contributed by atoms with E-state index < -0.39 is 29.9 Å². The van der Waals surface area contributed by atoms with Gasteiger partial charge in [-0.1, -0.05) is 51.1 Å². The van der Waals surface area contributed by atoms with Gasteiger partial charge in [-0.05, 0) is 53.3 Å². The SMILES string of the molecule is CC(C)(C)c1ccc(N(C(=O)C2CNC(=O)N2)C(C(=O)NCCc2cccc(F)c2)c2cccnc2)cc1. The van der Waals surface area contributed by atoms with Crippen molar-refractivity contribution in [3.05, 3.63) is 95.6 Å². The topological polar surface area (TPSA) is 103 Å². The Hall–Kier alpha value is -4.27. The first-order valence-electron chi connectivity index (χ1n) is 12.5. The van der Waals surface area contributed by atoms with Crippen LogP contribution in [-0.2, 0) is 21.4 Å². The molecule has 1 saturated heterocycles. The van der Waals surface area contributed by atoms with Gasteiger partial charge in [-0.2, -0.15) is 0 Å². The number of nitrogens with one attached hydrogen (secondary N) is 3. The lowest BCUT2D eigenvalue weighted by Crippen LogP contribution is -2.51. The van der Waals surface area contributed by atoms with E-state index in [9.17, 15) is 18.8 Å². The van der Waals surface area contributed by atoms with Crippen LogP contribution < -0.4 is 20.9 Å². The number of amides is 4. The van der Waals surface area contributed by atoms with Crippen molar-refractivity contribution in [2.24, 2.45) is 0 Å². The molecule has 1 aliphatic rings. The molecule has 198 valence electrons. The lowest BCUT2D eigenvalue weighted by Gasteiger charge is -2.33. The number of nitrogens with zero attached hydrogens (tertiary/aromatic N) is 2. The molecule has 0 aliphatic carbocycles. The summed E-state index contributed by atoms with van der Waals surface area (Å²) in [5.74, 6) is -1.19. The fourth-order valence-corrected chi connectivity index (χ4v) is 4.37. The summed E-state index contributed by atoms with van der Waals surface area (Å²) in [6.45, 7) is 6.63. The second-order valence-electron chi connectivity index (χ2n) is 10.3. The maximum Gasteiger partial charge on any atom is 0.315 e. The van der Waals surface area contributed by atoms with Crippen LogP contribution in [0.4, 0.5) is 14.9 Å². The van der Waals surface area contributed by atoms with E-state index in [1.165, 1.54) is 17.0 Å². The van der Waals surface area contributed by atoms with Crippen molar-refractivity contribution in [1.82, 2.24) is 20.9 Å². The van der Waals surface area contributed by atoms with Gasteiger partial charge in [-0.15, -0.1) is 0 Å². The highest BCUT2D eigenvalue weighted by Gasteiger charge is 2.38. The van der Waals surface area contributed by atoms with Crippen LogP contribution >= 0.6 is 0 Å². The van der Waals surface area contributed by atoms with Crippen LogP contribution in [0.25, 0.3) is 0 Å². The number of aromatic nitrogens is 1. The maximum atomic E-state index is 13.9. The number of urea groups is 1. The number of hydrogen-bond acceptors (Lipinski definition) is 4. The molecule has 2 aromatic carbocycles. The second kappa shape index (κ2) is 11.4. The van der Waals surface area contributed by atoms with Gasteiger partial charge in [0.25, 0.3) is 5.91 Å². The third-order valence-corrected chi connectivity index (χ3v) is 6.43. The van der Waals surface area contributed by atoms with Crippen molar-refractivity contribution in [1.29, 1.82) is 0 Å². The van der Waals surface area contributed by atoms with Gasteiger partial charge >= 0.3 is 6.03 Å². The summed E-state index contributed by atoms with van der Waals surface area (Å²) in [7, 11) is 0. The van der Waals surface area contributed by atoms with Crippen molar-refractivity contribution in [3.63, 3.8) is 0 Å². The van der Waals surface area contributed by atoms with Crippen molar-refractivity contribution in [3.8, 4) is 0 Å². The number of rotatable bonds is 8. The molecule has 2 heterocycles. The van der Waals surface area contributed by atoms with E-state index in [1.807, 2.05) is 24.3 Å². The third-order valence-electron chi connectivity index (χ3n) is 6.43. The molecule has 0 spiro atoms. The number of carbonyl (C=O) groups excluding carboxylic acids is 3. The minimum atomic E-state index is -1.05. The van der Waals surface area contributed by atoms with Crippen LogP contribution in [0, 0.1) is 5.82 Å². The predicted octanol–water partition coefficient (Wildman–Crippen LogP) is 3.63. The third kappa shape index (κ3) is 6.34. The molecule has 0 saturated carbocycles. The molecule has 1 fully saturated rings. The minimum absolute atomic E-state index is 0.103. The van der Waals surface area contributed by atoms with E-state index in [1.54, 1.807) is 36.7 Å². The molecule has 1 aliphatic heterocycles. The van der Waals surface area contributed by atoms with E-state index in [0.29, 0.717) is 17.7 Å². The quantitative estimate of drug-likeness (QED) is 0.425. The lowest BCUT2D eigenvalue weighted by atomic mass is 9.87. The Kier molecular flexibility index (Phi) is 8.05. The molecule has 1 aromatic heterocycles. The maximum absolute atomic E-state index is 13.9. The van der Waals surface area contributed by atoms with Crippen LogP contribution in [0.2, 0.25) is 0 Å². The zero-order valence-electron chi connectivity index (χ0n) is 21.7. The Morgan fingerprint density at radius 1 is 1.13 bits per heavy atom. The normalized spacial score (nSPS) is 15.8. The summed E-state index contributed by atoms with van der Waals surface area (Å²) in [5, 5.41) is 8.14. The average molecular weight is 518 g/mol. The van der Waals surface area contributed by atoms with E-state index in [-0.39, 0.29) is 24.3 Å². The predicted molar refractivity (Wildman–Crippen MR) is 143 cm³/mol. The Balaban J connectivity index is 1.68. The Labute approximate surface area is 221 Å². The molecule has 0 bridgehead atoms. The molecule has 8 nitrogen and oxygen atoms in total. The van der Waals surface area contributed by atoms with Crippen LogP contribution in [-0.4, -0.2) is 42.0 Å². The fourth-order valence-electron chi connectivity index (χ4n) is 4.37. The van der Waals surface area contributed by atoms with Crippen LogP contribution in [0.1, 0.15) is 43.5 Å². The summed E-state index contributed by atoms with van der Waals surface area (Å²) < 4.78 is 13.6. The molecule has 38 heavy (non-hydrogen) atoms. The molecular formula is C29H32FN5O3. The van der Waals surface area contributed by atoms with Gasteiger partial charge in [-0.25, -0.2) is 9.18 Å². The van der Waals surface area contributed by atoms with Gasteiger partial charge in [0.15, 0.2) is 0 Å². The number of hydrogen-bond donors (Lipinski definition) is 3.